The summed E-state index contributed by atoms with van der Waals surface area (Å²) in [6.07, 6.45) is 2.02. The number of anilines is 1. The van der Waals surface area contributed by atoms with Crippen molar-refractivity contribution < 1.29 is 14.0 Å². The fourth-order valence-electron chi connectivity index (χ4n) is 2.70. The SMILES string of the molecule is CCc1c(C)nc(-n2nc(C)cc2NC(=O)C(=O)NCc2ccco2)[nH]c1=O. The number of hydrogen-bond donors (Lipinski definition) is 3. The van der Waals surface area contributed by atoms with Crippen LogP contribution in [0, 0.1) is 13.8 Å². The summed E-state index contributed by atoms with van der Waals surface area (Å²) >= 11 is 0. The first-order valence-corrected chi connectivity index (χ1v) is 8.67. The second-order valence-electron chi connectivity index (χ2n) is 6.11. The Bertz CT molecular complexity index is 1060. The minimum Gasteiger partial charge on any atom is -0.467 e. The number of carbonyl (C=O) groups is 2. The number of amides is 2. The number of nitrogens with one attached hydrogen (secondary N) is 3. The number of aromatic nitrogens is 4. The molecule has 0 spiro atoms. The number of aromatic amines is 1. The van der Waals surface area contributed by atoms with Gasteiger partial charge in [0.1, 0.15) is 11.6 Å². The maximum Gasteiger partial charge on any atom is 0.314 e. The summed E-state index contributed by atoms with van der Waals surface area (Å²) in [5, 5.41) is 9.18. The largest absolute Gasteiger partial charge is 0.467 e. The molecule has 0 aromatic carbocycles. The van der Waals surface area contributed by atoms with E-state index in [2.05, 4.69) is 25.7 Å². The van der Waals surface area contributed by atoms with Crippen LogP contribution in [0.1, 0.15) is 29.6 Å². The lowest BCUT2D eigenvalue weighted by molar-refractivity contribution is -0.136. The van der Waals surface area contributed by atoms with Gasteiger partial charge in [0.05, 0.1) is 18.5 Å². The Balaban J connectivity index is 1.79. The van der Waals surface area contributed by atoms with Crippen LogP contribution in [-0.2, 0) is 22.6 Å². The van der Waals surface area contributed by atoms with Crippen LogP contribution in [-0.4, -0.2) is 31.6 Å². The number of furan rings is 1. The molecule has 0 saturated carbocycles. The van der Waals surface area contributed by atoms with E-state index < -0.39 is 11.8 Å². The number of rotatable bonds is 5. The first-order chi connectivity index (χ1) is 13.4. The quantitative estimate of drug-likeness (QED) is 0.561. The highest BCUT2D eigenvalue weighted by atomic mass is 16.3. The van der Waals surface area contributed by atoms with Crippen molar-refractivity contribution >= 4 is 17.6 Å². The van der Waals surface area contributed by atoms with E-state index in [0.29, 0.717) is 29.1 Å². The van der Waals surface area contributed by atoms with Crippen molar-refractivity contribution in [3.8, 4) is 5.95 Å². The number of carbonyl (C=O) groups excluding carboxylic acids is 2. The fraction of sp³-hybridized carbons (Fsp3) is 0.278. The molecule has 10 nitrogen and oxygen atoms in total. The van der Waals surface area contributed by atoms with Crippen LogP contribution >= 0.6 is 0 Å². The number of hydrogen-bond acceptors (Lipinski definition) is 6. The molecule has 28 heavy (non-hydrogen) atoms. The molecule has 0 aliphatic heterocycles. The van der Waals surface area contributed by atoms with Gasteiger partial charge in [-0.05, 0) is 32.4 Å². The molecule has 10 heteroatoms. The molecule has 0 atom stereocenters. The zero-order valence-corrected chi connectivity index (χ0v) is 15.7. The van der Waals surface area contributed by atoms with Gasteiger partial charge in [0.2, 0.25) is 5.95 Å². The molecule has 3 N–H and O–H groups in total. The Morgan fingerprint density at radius 2 is 2.07 bits per heavy atom. The normalized spacial score (nSPS) is 10.7. The summed E-state index contributed by atoms with van der Waals surface area (Å²) in [4.78, 5) is 43.5. The third kappa shape index (κ3) is 4.00. The van der Waals surface area contributed by atoms with Gasteiger partial charge in [0, 0.05) is 17.3 Å². The average molecular weight is 384 g/mol. The lowest BCUT2D eigenvalue weighted by Gasteiger charge is -2.10. The Hall–Kier alpha value is -3.69. The summed E-state index contributed by atoms with van der Waals surface area (Å²) in [5.41, 5.74) is 1.45. The Morgan fingerprint density at radius 3 is 2.71 bits per heavy atom. The highest BCUT2D eigenvalue weighted by Gasteiger charge is 2.19. The van der Waals surface area contributed by atoms with E-state index in [4.69, 9.17) is 4.42 Å². The lowest BCUT2D eigenvalue weighted by Crippen LogP contribution is -2.35. The van der Waals surface area contributed by atoms with Crippen LogP contribution in [0.15, 0.2) is 33.7 Å². The van der Waals surface area contributed by atoms with Gasteiger partial charge >= 0.3 is 11.8 Å². The maximum absolute atomic E-state index is 12.2. The smallest absolute Gasteiger partial charge is 0.314 e. The third-order valence-electron chi connectivity index (χ3n) is 4.05. The van der Waals surface area contributed by atoms with Gasteiger partial charge in [-0.3, -0.25) is 19.4 Å². The average Bonchev–Trinajstić information content (AvgIpc) is 3.29. The molecular weight excluding hydrogens is 364 g/mol. The summed E-state index contributed by atoms with van der Waals surface area (Å²) in [5.74, 6) is -0.824. The van der Waals surface area contributed by atoms with Crippen molar-refractivity contribution in [2.75, 3.05) is 5.32 Å². The maximum atomic E-state index is 12.2. The minimum absolute atomic E-state index is 0.0874. The van der Waals surface area contributed by atoms with Gasteiger partial charge < -0.3 is 15.1 Å². The molecule has 0 bridgehead atoms. The van der Waals surface area contributed by atoms with Crippen LogP contribution in [0.2, 0.25) is 0 Å². The molecule has 0 fully saturated rings. The van der Waals surface area contributed by atoms with Crippen molar-refractivity contribution in [2.24, 2.45) is 0 Å². The standard InChI is InChI=1S/C18H20N6O4/c1-4-13-11(3)20-18(22-15(13)25)24-14(8-10(2)23-24)21-17(27)16(26)19-9-12-6-5-7-28-12/h5-8H,4,9H2,1-3H3,(H,19,26)(H,21,27)(H,20,22,25). The van der Waals surface area contributed by atoms with Crippen LogP contribution in [0.4, 0.5) is 5.82 Å². The molecule has 0 aliphatic rings. The highest BCUT2D eigenvalue weighted by Crippen LogP contribution is 2.14. The summed E-state index contributed by atoms with van der Waals surface area (Å²) in [6, 6.07) is 4.93. The van der Waals surface area contributed by atoms with Crippen LogP contribution in [0.5, 0.6) is 0 Å². The van der Waals surface area contributed by atoms with E-state index in [1.54, 1.807) is 32.0 Å². The number of aryl methyl sites for hydroxylation is 2. The molecule has 0 radical (unpaired) electrons. The first-order valence-electron chi connectivity index (χ1n) is 8.67. The summed E-state index contributed by atoms with van der Waals surface area (Å²) in [7, 11) is 0. The third-order valence-corrected chi connectivity index (χ3v) is 4.05. The highest BCUT2D eigenvalue weighted by molar-refractivity contribution is 6.39. The van der Waals surface area contributed by atoms with E-state index in [1.807, 2.05) is 6.92 Å². The monoisotopic (exact) mass is 384 g/mol. The first kappa shape index (κ1) is 19.1. The van der Waals surface area contributed by atoms with E-state index >= 15 is 0 Å². The van der Waals surface area contributed by atoms with Crippen molar-refractivity contribution in [1.29, 1.82) is 0 Å². The van der Waals surface area contributed by atoms with Gasteiger partial charge in [-0.15, -0.1) is 0 Å². The van der Waals surface area contributed by atoms with E-state index in [0.717, 1.165) is 0 Å². The van der Waals surface area contributed by atoms with E-state index in [-0.39, 0.29) is 23.9 Å². The van der Waals surface area contributed by atoms with Gasteiger partial charge in [-0.2, -0.15) is 9.78 Å². The molecule has 146 valence electrons. The van der Waals surface area contributed by atoms with Crippen LogP contribution < -0.4 is 16.2 Å². The molecule has 3 rings (SSSR count). The van der Waals surface area contributed by atoms with E-state index in [1.165, 1.54) is 10.9 Å². The Kier molecular flexibility index (Phi) is 5.39. The fourth-order valence-corrected chi connectivity index (χ4v) is 2.70. The molecule has 0 saturated heterocycles. The van der Waals surface area contributed by atoms with Gasteiger partial charge in [-0.25, -0.2) is 4.98 Å². The summed E-state index contributed by atoms with van der Waals surface area (Å²) in [6.45, 7) is 5.40. The molecule has 0 aliphatic carbocycles. The van der Waals surface area contributed by atoms with Crippen molar-refractivity contribution in [1.82, 2.24) is 25.1 Å². The molecule has 2 amide bonds. The van der Waals surface area contributed by atoms with Crippen molar-refractivity contribution in [3.63, 3.8) is 0 Å². The minimum atomic E-state index is -0.878. The zero-order chi connectivity index (χ0) is 20.3. The predicted octanol–water partition coefficient (Wildman–Crippen LogP) is 0.983. The Labute approximate surface area is 160 Å². The topological polar surface area (TPSA) is 135 Å². The van der Waals surface area contributed by atoms with Gasteiger partial charge in [0.25, 0.3) is 5.56 Å². The molecular formula is C18H20N6O4. The zero-order valence-electron chi connectivity index (χ0n) is 15.7. The molecule has 3 heterocycles. The van der Waals surface area contributed by atoms with Gasteiger partial charge in [0.15, 0.2) is 0 Å². The van der Waals surface area contributed by atoms with Crippen molar-refractivity contribution in [3.05, 3.63) is 57.5 Å². The summed E-state index contributed by atoms with van der Waals surface area (Å²) < 4.78 is 6.38. The van der Waals surface area contributed by atoms with Crippen molar-refractivity contribution in [2.45, 2.75) is 33.7 Å². The van der Waals surface area contributed by atoms with E-state index in [9.17, 15) is 14.4 Å². The number of nitrogens with zero attached hydrogens (tertiary/aromatic N) is 3. The predicted molar refractivity (Wildman–Crippen MR) is 100 cm³/mol. The van der Waals surface area contributed by atoms with Gasteiger partial charge in [-0.1, -0.05) is 6.92 Å². The van der Waals surface area contributed by atoms with Crippen LogP contribution in [0.25, 0.3) is 5.95 Å². The molecule has 3 aromatic heterocycles. The molecule has 0 unspecified atom stereocenters. The van der Waals surface area contributed by atoms with Crippen LogP contribution in [0.3, 0.4) is 0 Å². The second-order valence-corrected chi connectivity index (χ2v) is 6.11. The number of H-pyrrole nitrogens is 1. The lowest BCUT2D eigenvalue weighted by atomic mass is 10.2. The molecule has 3 aromatic rings. The Morgan fingerprint density at radius 1 is 1.29 bits per heavy atom. The second kappa shape index (κ2) is 7.91.